The van der Waals surface area contributed by atoms with E-state index in [2.05, 4.69) is 52.5 Å². The zero-order chi connectivity index (χ0) is 16.5. The summed E-state index contributed by atoms with van der Waals surface area (Å²) in [4.78, 5) is 4.65. The van der Waals surface area contributed by atoms with Gasteiger partial charge in [-0.05, 0) is 49.2 Å². The van der Waals surface area contributed by atoms with Crippen molar-refractivity contribution in [2.45, 2.75) is 26.9 Å². The van der Waals surface area contributed by atoms with E-state index in [0.29, 0.717) is 6.54 Å². The largest absolute Gasteiger partial charge is 0.497 e. The molecule has 0 amide bonds. The number of aromatic nitrogens is 1. The first kappa shape index (κ1) is 20.3. The van der Waals surface area contributed by atoms with Crippen molar-refractivity contribution in [1.29, 1.82) is 0 Å². The molecule has 2 aromatic rings. The quantitative estimate of drug-likeness (QED) is 0.394. The lowest BCUT2D eigenvalue weighted by molar-refractivity contribution is 0.414. The summed E-state index contributed by atoms with van der Waals surface area (Å²) in [6.45, 7) is 7.34. The van der Waals surface area contributed by atoms with Crippen LogP contribution in [0.4, 0.5) is 0 Å². The Kier molecular flexibility index (Phi) is 9.29. The minimum absolute atomic E-state index is 0. The van der Waals surface area contributed by atoms with Crippen molar-refractivity contribution >= 4 is 29.9 Å². The molecule has 24 heavy (non-hydrogen) atoms. The van der Waals surface area contributed by atoms with Crippen LogP contribution in [0.3, 0.4) is 0 Å². The molecule has 6 heteroatoms. The molecule has 0 fully saturated rings. The molecule has 0 bridgehead atoms. The van der Waals surface area contributed by atoms with Crippen molar-refractivity contribution in [2.24, 2.45) is 4.99 Å². The van der Waals surface area contributed by atoms with Crippen molar-refractivity contribution in [2.75, 3.05) is 20.2 Å². The number of nitrogens with one attached hydrogen (secondary N) is 2. The zero-order valence-corrected chi connectivity index (χ0v) is 16.9. The van der Waals surface area contributed by atoms with Crippen molar-refractivity contribution in [3.05, 3.63) is 53.9 Å². The van der Waals surface area contributed by atoms with Crippen molar-refractivity contribution in [3.63, 3.8) is 0 Å². The van der Waals surface area contributed by atoms with Gasteiger partial charge in [-0.25, -0.2) is 4.99 Å². The van der Waals surface area contributed by atoms with Gasteiger partial charge in [0.2, 0.25) is 0 Å². The maximum absolute atomic E-state index is 5.31. The smallest absolute Gasteiger partial charge is 0.191 e. The molecule has 0 saturated carbocycles. The second-order valence-electron chi connectivity index (χ2n) is 5.40. The van der Waals surface area contributed by atoms with Crippen molar-refractivity contribution < 1.29 is 4.74 Å². The number of rotatable bonds is 7. The molecule has 1 heterocycles. The monoisotopic (exact) mass is 442 g/mol. The van der Waals surface area contributed by atoms with E-state index < -0.39 is 0 Å². The SMILES string of the molecule is CCNC(=NCc1cc(C)cc(OC)c1)NCCn1cccc1.I. The zero-order valence-electron chi connectivity index (χ0n) is 14.6. The van der Waals surface area contributed by atoms with Gasteiger partial charge >= 0.3 is 0 Å². The molecule has 1 aromatic heterocycles. The molecule has 0 aliphatic heterocycles. The minimum atomic E-state index is 0. The summed E-state index contributed by atoms with van der Waals surface area (Å²) in [5, 5.41) is 6.63. The third-order valence-electron chi connectivity index (χ3n) is 3.44. The second-order valence-corrected chi connectivity index (χ2v) is 5.40. The molecular formula is C18H27IN4O. The fourth-order valence-electron chi connectivity index (χ4n) is 2.37. The van der Waals surface area contributed by atoms with Gasteiger partial charge in [0.1, 0.15) is 5.75 Å². The van der Waals surface area contributed by atoms with Gasteiger partial charge in [-0.2, -0.15) is 0 Å². The lowest BCUT2D eigenvalue weighted by Gasteiger charge is -2.12. The van der Waals surface area contributed by atoms with Crippen LogP contribution in [0.1, 0.15) is 18.1 Å². The number of methoxy groups -OCH3 is 1. The second kappa shape index (κ2) is 11.0. The molecule has 0 atom stereocenters. The summed E-state index contributed by atoms with van der Waals surface area (Å²) in [6, 6.07) is 10.2. The lowest BCUT2D eigenvalue weighted by atomic mass is 10.1. The maximum atomic E-state index is 5.31. The fraction of sp³-hybridized carbons (Fsp3) is 0.389. The van der Waals surface area contributed by atoms with Crippen LogP contribution in [0.25, 0.3) is 0 Å². The number of guanidine groups is 1. The maximum Gasteiger partial charge on any atom is 0.191 e. The minimum Gasteiger partial charge on any atom is -0.497 e. The van der Waals surface area contributed by atoms with Gasteiger partial charge in [0.25, 0.3) is 0 Å². The van der Waals surface area contributed by atoms with Crippen LogP contribution in [0.5, 0.6) is 5.75 Å². The molecule has 0 unspecified atom stereocenters. The summed E-state index contributed by atoms with van der Waals surface area (Å²) < 4.78 is 7.45. The number of ether oxygens (including phenoxy) is 1. The average molecular weight is 442 g/mol. The Balaban J connectivity index is 0.00000288. The summed E-state index contributed by atoms with van der Waals surface area (Å²) in [5.74, 6) is 1.71. The predicted octanol–water partition coefficient (Wildman–Crippen LogP) is 3.18. The van der Waals surface area contributed by atoms with Gasteiger partial charge < -0.3 is 19.9 Å². The number of halogens is 1. The number of aryl methyl sites for hydroxylation is 1. The molecule has 0 spiro atoms. The van der Waals surface area contributed by atoms with E-state index in [4.69, 9.17) is 4.74 Å². The van der Waals surface area contributed by atoms with E-state index >= 15 is 0 Å². The molecule has 0 aliphatic carbocycles. The van der Waals surface area contributed by atoms with E-state index in [9.17, 15) is 0 Å². The Morgan fingerprint density at radius 1 is 1.17 bits per heavy atom. The summed E-state index contributed by atoms with van der Waals surface area (Å²) >= 11 is 0. The van der Waals surface area contributed by atoms with E-state index in [1.54, 1.807) is 7.11 Å². The van der Waals surface area contributed by atoms with E-state index in [-0.39, 0.29) is 24.0 Å². The van der Waals surface area contributed by atoms with Gasteiger partial charge in [-0.1, -0.05) is 6.07 Å². The highest BCUT2D eigenvalue weighted by molar-refractivity contribution is 14.0. The van der Waals surface area contributed by atoms with E-state index in [1.807, 2.05) is 24.3 Å². The Morgan fingerprint density at radius 3 is 2.58 bits per heavy atom. The molecule has 1 aromatic carbocycles. The molecule has 0 radical (unpaired) electrons. The molecule has 2 rings (SSSR count). The van der Waals surface area contributed by atoms with Crippen LogP contribution >= 0.6 is 24.0 Å². The Hall–Kier alpha value is -1.70. The first-order chi connectivity index (χ1) is 11.2. The number of nitrogens with zero attached hydrogens (tertiary/aromatic N) is 2. The Labute approximate surface area is 161 Å². The van der Waals surface area contributed by atoms with Crippen molar-refractivity contribution in [3.8, 4) is 5.75 Å². The fourth-order valence-corrected chi connectivity index (χ4v) is 2.37. The molecular weight excluding hydrogens is 415 g/mol. The average Bonchev–Trinajstić information content (AvgIpc) is 3.05. The predicted molar refractivity (Wildman–Crippen MR) is 110 cm³/mol. The third-order valence-corrected chi connectivity index (χ3v) is 3.44. The number of hydrogen-bond acceptors (Lipinski definition) is 2. The molecule has 132 valence electrons. The summed E-state index contributed by atoms with van der Waals surface area (Å²) in [6.07, 6.45) is 4.12. The van der Waals surface area contributed by atoms with Crippen LogP contribution in [0, 0.1) is 6.92 Å². The summed E-state index contributed by atoms with van der Waals surface area (Å²) in [7, 11) is 1.69. The highest BCUT2D eigenvalue weighted by Gasteiger charge is 2.01. The van der Waals surface area contributed by atoms with Crippen LogP contribution in [-0.4, -0.2) is 30.7 Å². The molecule has 5 nitrogen and oxygen atoms in total. The van der Waals surface area contributed by atoms with Gasteiger partial charge in [0.05, 0.1) is 13.7 Å². The topological polar surface area (TPSA) is 50.6 Å². The van der Waals surface area contributed by atoms with Crippen LogP contribution in [-0.2, 0) is 13.1 Å². The third kappa shape index (κ3) is 6.82. The summed E-state index contributed by atoms with van der Waals surface area (Å²) in [5.41, 5.74) is 2.32. The van der Waals surface area contributed by atoms with Gasteiger partial charge in [0.15, 0.2) is 5.96 Å². The normalized spacial score (nSPS) is 10.9. The van der Waals surface area contributed by atoms with Gasteiger partial charge in [-0.15, -0.1) is 24.0 Å². The van der Waals surface area contributed by atoms with Gasteiger partial charge in [0, 0.05) is 32.0 Å². The first-order valence-corrected chi connectivity index (χ1v) is 7.98. The van der Waals surface area contributed by atoms with Crippen molar-refractivity contribution in [1.82, 2.24) is 15.2 Å². The molecule has 2 N–H and O–H groups in total. The Morgan fingerprint density at radius 2 is 1.92 bits per heavy atom. The van der Waals surface area contributed by atoms with Gasteiger partial charge in [-0.3, -0.25) is 0 Å². The van der Waals surface area contributed by atoms with Crippen LogP contribution < -0.4 is 15.4 Å². The number of benzene rings is 1. The highest BCUT2D eigenvalue weighted by Crippen LogP contribution is 2.16. The van der Waals surface area contributed by atoms with E-state index in [0.717, 1.165) is 36.9 Å². The number of aliphatic imine (C=N–C) groups is 1. The standard InChI is InChI=1S/C18H26N4O.HI/c1-4-19-18(20-7-10-22-8-5-6-9-22)21-14-16-11-15(2)12-17(13-16)23-3;/h5-6,8-9,11-13H,4,7,10,14H2,1-3H3,(H2,19,20,21);1H. The molecule has 0 aliphatic rings. The Bertz CT molecular complexity index is 626. The lowest BCUT2D eigenvalue weighted by Crippen LogP contribution is -2.38. The molecule has 0 saturated heterocycles. The highest BCUT2D eigenvalue weighted by atomic mass is 127. The van der Waals surface area contributed by atoms with Crippen LogP contribution in [0.15, 0.2) is 47.7 Å². The first-order valence-electron chi connectivity index (χ1n) is 7.98. The van der Waals surface area contributed by atoms with E-state index in [1.165, 1.54) is 5.56 Å². The number of hydrogen-bond donors (Lipinski definition) is 2. The van der Waals surface area contributed by atoms with Crippen LogP contribution in [0.2, 0.25) is 0 Å².